The molecule has 1 amide bonds. The number of halogens is 1. The molecule has 0 saturated heterocycles. The Morgan fingerprint density at radius 2 is 1.90 bits per heavy atom. The van der Waals surface area contributed by atoms with Gasteiger partial charge in [-0.3, -0.25) is 15.6 Å². The molecule has 1 heterocycles. The summed E-state index contributed by atoms with van der Waals surface area (Å²) in [5.74, 6) is -0.661. The number of hydrogen-bond donors (Lipinski definition) is 3. The van der Waals surface area contributed by atoms with Gasteiger partial charge in [-0.25, -0.2) is 9.37 Å². The number of amides is 1. The summed E-state index contributed by atoms with van der Waals surface area (Å²) in [6, 6.07) is 12.0. The van der Waals surface area contributed by atoms with E-state index in [1.54, 1.807) is 18.2 Å². The average molecular weight is 427 g/mol. The van der Waals surface area contributed by atoms with Gasteiger partial charge in [-0.2, -0.15) is 0 Å². The third-order valence-electron chi connectivity index (χ3n) is 4.17. The van der Waals surface area contributed by atoms with Gasteiger partial charge in [0.05, 0.1) is 5.69 Å². The highest BCUT2D eigenvalue weighted by Gasteiger charge is 2.05. The number of carbonyl (C=O) groups is 1. The molecule has 0 atom stereocenters. The van der Waals surface area contributed by atoms with E-state index in [9.17, 15) is 9.18 Å². The van der Waals surface area contributed by atoms with Crippen molar-refractivity contribution in [3.63, 3.8) is 0 Å². The van der Waals surface area contributed by atoms with E-state index in [-0.39, 0.29) is 16.8 Å². The molecular weight excluding hydrogens is 407 g/mol. The molecule has 5 nitrogen and oxygen atoms in total. The molecule has 0 aliphatic carbocycles. The number of benzene rings is 2. The summed E-state index contributed by atoms with van der Waals surface area (Å²) in [6.07, 6.45) is 2.96. The third-order valence-corrected chi connectivity index (χ3v) is 5.28. The number of hydrazine groups is 1. The lowest BCUT2D eigenvalue weighted by Gasteiger charge is -2.13. The fourth-order valence-electron chi connectivity index (χ4n) is 2.45. The molecular formula is C21H19FN4OS2. The zero-order valence-electron chi connectivity index (χ0n) is 15.8. The zero-order valence-corrected chi connectivity index (χ0v) is 17.5. The number of carbonyl (C=O) groups excluding carboxylic acids is 1. The van der Waals surface area contributed by atoms with Crippen molar-refractivity contribution in [2.45, 2.75) is 13.8 Å². The van der Waals surface area contributed by atoms with E-state index in [0.29, 0.717) is 5.69 Å². The van der Waals surface area contributed by atoms with Crippen LogP contribution in [0.2, 0.25) is 0 Å². The molecule has 0 spiro atoms. The Hall–Kier alpha value is -3.10. The molecule has 29 heavy (non-hydrogen) atoms. The fourth-order valence-corrected chi connectivity index (χ4v) is 3.40. The summed E-state index contributed by atoms with van der Waals surface area (Å²) in [7, 11) is 0. The first-order valence-electron chi connectivity index (χ1n) is 8.75. The van der Waals surface area contributed by atoms with Crippen LogP contribution >= 0.6 is 23.6 Å². The van der Waals surface area contributed by atoms with Gasteiger partial charge < -0.3 is 5.32 Å². The minimum Gasteiger partial charge on any atom is -0.331 e. The largest absolute Gasteiger partial charge is 0.331 e. The number of aryl methyl sites for hydroxylation is 1. The molecule has 8 heteroatoms. The first kappa shape index (κ1) is 20.6. The van der Waals surface area contributed by atoms with Crippen molar-refractivity contribution in [1.82, 2.24) is 15.8 Å². The van der Waals surface area contributed by atoms with Crippen molar-refractivity contribution in [1.29, 1.82) is 0 Å². The van der Waals surface area contributed by atoms with Crippen LogP contribution in [0.5, 0.6) is 0 Å². The number of rotatable bonds is 4. The maximum atomic E-state index is 13.0. The molecule has 148 valence electrons. The van der Waals surface area contributed by atoms with Crippen LogP contribution in [0.15, 0.2) is 53.9 Å². The van der Waals surface area contributed by atoms with Crippen molar-refractivity contribution >= 4 is 46.3 Å². The fraction of sp³-hybridized carbons (Fsp3) is 0.0952. The van der Waals surface area contributed by atoms with E-state index < -0.39 is 0 Å². The summed E-state index contributed by atoms with van der Waals surface area (Å²) >= 11 is 6.62. The van der Waals surface area contributed by atoms with E-state index in [1.807, 2.05) is 37.4 Å². The Labute approximate surface area is 177 Å². The second kappa shape index (κ2) is 9.40. The molecule has 0 unspecified atom stereocenters. The number of thiocarbonyl (C=S) groups is 1. The van der Waals surface area contributed by atoms with Crippen LogP contribution in [0.3, 0.4) is 0 Å². The highest BCUT2D eigenvalue weighted by atomic mass is 32.1. The van der Waals surface area contributed by atoms with E-state index >= 15 is 0 Å². The van der Waals surface area contributed by atoms with E-state index in [0.717, 1.165) is 27.4 Å². The zero-order chi connectivity index (χ0) is 20.8. The standard InChI is InChI=1S/C21H19FN4OS2/c1-13-4-3-5-18(14(13)2)24-21(28)26-25-19(27)11-10-17-12-29-20(23-17)15-6-8-16(22)9-7-15/h3-12H,1-2H3,(H,25,27)(H2,24,26,28). The molecule has 0 aliphatic heterocycles. The number of nitrogens with zero attached hydrogens (tertiary/aromatic N) is 1. The first-order chi connectivity index (χ1) is 13.9. The molecule has 3 aromatic rings. The lowest BCUT2D eigenvalue weighted by molar-refractivity contribution is -0.116. The smallest absolute Gasteiger partial charge is 0.262 e. The van der Waals surface area contributed by atoms with E-state index in [4.69, 9.17) is 12.2 Å². The highest BCUT2D eigenvalue weighted by Crippen LogP contribution is 2.24. The average Bonchev–Trinajstić information content (AvgIpc) is 3.18. The molecule has 3 N–H and O–H groups in total. The minimum absolute atomic E-state index is 0.285. The van der Waals surface area contributed by atoms with Gasteiger partial charge in [0.1, 0.15) is 10.8 Å². The van der Waals surface area contributed by atoms with Crippen LogP contribution in [-0.4, -0.2) is 16.0 Å². The monoisotopic (exact) mass is 426 g/mol. The van der Waals surface area contributed by atoms with Crippen LogP contribution in [0, 0.1) is 19.7 Å². The van der Waals surface area contributed by atoms with Crippen LogP contribution in [0.1, 0.15) is 16.8 Å². The maximum absolute atomic E-state index is 13.0. The number of hydrogen-bond acceptors (Lipinski definition) is 4. The lowest BCUT2D eigenvalue weighted by Crippen LogP contribution is -2.43. The van der Waals surface area contributed by atoms with Crippen LogP contribution in [-0.2, 0) is 4.79 Å². The highest BCUT2D eigenvalue weighted by molar-refractivity contribution is 7.80. The van der Waals surface area contributed by atoms with Crippen molar-refractivity contribution in [3.05, 3.63) is 76.6 Å². The Kier molecular flexibility index (Phi) is 6.69. The van der Waals surface area contributed by atoms with E-state index in [2.05, 4.69) is 21.2 Å². The number of nitrogens with one attached hydrogen (secondary N) is 3. The first-order valence-corrected chi connectivity index (χ1v) is 10.0. The lowest BCUT2D eigenvalue weighted by atomic mass is 10.1. The van der Waals surface area contributed by atoms with Gasteiger partial charge >= 0.3 is 0 Å². The number of thiazole rings is 1. The number of aromatic nitrogens is 1. The van der Waals surface area contributed by atoms with Gasteiger partial charge in [0.15, 0.2) is 5.11 Å². The van der Waals surface area contributed by atoms with Crippen LogP contribution < -0.4 is 16.2 Å². The summed E-state index contributed by atoms with van der Waals surface area (Å²) in [5.41, 5.74) is 9.75. The van der Waals surface area contributed by atoms with Crippen molar-refractivity contribution in [3.8, 4) is 10.6 Å². The van der Waals surface area contributed by atoms with Crippen molar-refractivity contribution < 1.29 is 9.18 Å². The predicted octanol–water partition coefficient (Wildman–Crippen LogP) is 4.60. The molecule has 0 fully saturated rings. The molecule has 2 aromatic carbocycles. The van der Waals surface area contributed by atoms with Gasteiger partial charge in [0.25, 0.3) is 5.91 Å². The second-order valence-corrected chi connectivity index (χ2v) is 7.50. The summed E-state index contributed by atoms with van der Waals surface area (Å²) < 4.78 is 13.0. The molecule has 3 rings (SSSR count). The third kappa shape index (κ3) is 5.69. The number of anilines is 1. The molecule has 0 aliphatic rings. The van der Waals surface area contributed by atoms with Gasteiger partial charge in [0.2, 0.25) is 0 Å². The Bertz CT molecular complexity index is 1060. The topological polar surface area (TPSA) is 66.0 Å². The predicted molar refractivity (Wildman–Crippen MR) is 120 cm³/mol. The normalized spacial score (nSPS) is 10.7. The van der Waals surface area contributed by atoms with Crippen molar-refractivity contribution in [2.24, 2.45) is 0 Å². The molecule has 0 saturated carbocycles. The van der Waals surface area contributed by atoms with E-state index in [1.165, 1.54) is 29.5 Å². The summed E-state index contributed by atoms with van der Waals surface area (Å²) in [4.78, 5) is 16.4. The van der Waals surface area contributed by atoms with Gasteiger partial charge in [-0.05, 0) is 73.6 Å². The molecule has 0 bridgehead atoms. The maximum Gasteiger partial charge on any atom is 0.262 e. The van der Waals surface area contributed by atoms with Gasteiger partial charge in [0, 0.05) is 22.7 Å². The van der Waals surface area contributed by atoms with Gasteiger partial charge in [-0.15, -0.1) is 11.3 Å². The quantitative estimate of drug-likeness (QED) is 0.323. The Morgan fingerprint density at radius 1 is 1.14 bits per heavy atom. The summed E-state index contributed by atoms with van der Waals surface area (Å²) in [5, 5.41) is 5.91. The minimum atomic E-state index is -0.369. The van der Waals surface area contributed by atoms with Gasteiger partial charge in [-0.1, -0.05) is 12.1 Å². The Morgan fingerprint density at radius 3 is 2.66 bits per heavy atom. The van der Waals surface area contributed by atoms with Crippen LogP contribution in [0.25, 0.3) is 16.6 Å². The Balaban J connectivity index is 1.51. The SMILES string of the molecule is Cc1cccc(NC(=S)NNC(=O)C=Cc2csc(-c3ccc(F)cc3)n2)c1C. The van der Waals surface area contributed by atoms with Crippen LogP contribution in [0.4, 0.5) is 10.1 Å². The molecule has 0 radical (unpaired) electrons. The van der Waals surface area contributed by atoms with Crippen molar-refractivity contribution in [2.75, 3.05) is 5.32 Å². The summed E-state index contributed by atoms with van der Waals surface area (Å²) in [6.45, 7) is 4.01. The second-order valence-electron chi connectivity index (χ2n) is 6.23. The molecule has 1 aromatic heterocycles.